The number of carbonyl (C=O) groups excluding carboxylic acids is 8. The van der Waals surface area contributed by atoms with Gasteiger partial charge in [0.15, 0.2) is 0 Å². The summed E-state index contributed by atoms with van der Waals surface area (Å²) >= 11 is 0. The third-order valence-electron chi connectivity index (χ3n) is 9.70. The Morgan fingerprint density at radius 2 is 0.770 bits per heavy atom. The first kappa shape index (κ1) is 48.7. The van der Waals surface area contributed by atoms with Crippen molar-refractivity contribution in [1.82, 2.24) is 26.6 Å². The second kappa shape index (κ2) is 25.7. The van der Waals surface area contributed by atoms with Crippen LogP contribution in [-0.4, -0.2) is 90.1 Å². The summed E-state index contributed by atoms with van der Waals surface area (Å²) in [4.78, 5) is 105. The first-order valence-corrected chi connectivity index (χ1v) is 20.1. The highest BCUT2D eigenvalue weighted by atomic mass is 16.2. The van der Waals surface area contributed by atoms with E-state index in [1.165, 1.54) is 0 Å². The maximum absolute atomic E-state index is 14.2. The van der Waals surface area contributed by atoms with Crippen LogP contribution >= 0.6 is 0 Å². The molecule has 3 aromatic rings. The maximum atomic E-state index is 14.2. The number of rotatable bonds is 27. The van der Waals surface area contributed by atoms with Gasteiger partial charge in [-0.15, -0.1) is 0 Å². The van der Waals surface area contributed by atoms with Gasteiger partial charge >= 0.3 is 0 Å². The summed E-state index contributed by atoms with van der Waals surface area (Å²) in [6, 6.07) is 18.7. The van der Waals surface area contributed by atoms with Gasteiger partial charge in [-0.2, -0.15) is 0 Å². The molecule has 0 bridgehead atoms. The molecule has 3 aromatic carbocycles. The molecule has 0 spiro atoms. The van der Waals surface area contributed by atoms with Crippen molar-refractivity contribution in [2.75, 3.05) is 6.54 Å². The molecule has 0 saturated carbocycles. The summed E-state index contributed by atoms with van der Waals surface area (Å²) < 4.78 is 0. The minimum absolute atomic E-state index is 0.0245. The van der Waals surface area contributed by atoms with Gasteiger partial charge in [-0.1, -0.05) is 91.0 Å². The van der Waals surface area contributed by atoms with Crippen molar-refractivity contribution >= 4 is 47.3 Å². The molecule has 15 N–H and O–H groups in total. The van der Waals surface area contributed by atoms with Crippen molar-refractivity contribution < 1.29 is 38.4 Å². The highest BCUT2D eigenvalue weighted by molar-refractivity contribution is 5.97. The topological polar surface area (TPSA) is 327 Å². The average Bonchev–Trinajstić information content (AvgIpc) is 3.23. The van der Waals surface area contributed by atoms with Crippen molar-refractivity contribution in [3.63, 3.8) is 0 Å². The Kier molecular flexibility index (Phi) is 20.6. The fourth-order valence-corrected chi connectivity index (χ4v) is 6.34. The highest BCUT2D eigenvalue weighted by Crippen LogP contribution is 2.11. The van der Waals surface area contributed by atoms with Crippen molar-refractivity contribution in [3.8, 4) is 0 Å². The fraction of sp³-hybridized carbons (Fsp3) is 0.395. The van der Waals surface area contributed by atoms with Crippen LogP contribution in [0.3, 0.4) is 0 Å². The Balaban J connectivity index is 1.89. The van der Waals surface area contributed by atoms with Crippen LogP contribution in [0.1, 0.15) is 61.6 Å². The molecule has 0 aliphatic heterocycles. The fourth-order valence-electron chi connectivity index (χ4n) is 6.34. The zero-order chi connectivity index (χ0) is 44.7. The van der Waals surface area contributed by atoms with Gasteiger partial charge in [-0.25, -0.2) is 0 Å². The summed E-state index contributed by atoms with van der Waals surface area (Å²) in [6.45, 7) is 0.372. The molecule has 0 saturated heterocycles. The zero-order valence-electron chi connectivity index (χ0n) is 34.1. The van der Waals surface area contributed by atoms with Crippen LogP contribution in [0.15, 0.2) is 91.0 Å². The van der Waals surface area contributed by atoms with Gasteiger partial charge in [-0.3, -0.25) is 38.4 Å². The zero-order valence-corrected chi connectivity index (χ0v) is 34.1. The molecule has 8 amide bonds. The van der Waals surface area contributed by atoms with E-state index < -0.39 is 83.5 Å². The lowest BCUT2D eigenvalue weighted by atomic mass is 10.0. The predicted molar refractivity (Wildman–Crippen MR) is 227 cm³/mol. The minimum Gasteiger partial charge on any atom is -0.370 e. The van der Waals surface area contributed by atoms with Gasteiger partial charge < -0.3 is 55.3 Å². The molecule has 61 heavy (non-hydrogen) atoms. The van der Waals surface area contributed by atoms with E-state index in [4.69, 9.17) is 28.7 Å². The summed E-state index contributed by atoms with van der Waals surface area (Å²) in [6.07, 6.45) is 0.184. The summed E-state index contributed by atoms with van der Waals surface area (Å²) in [5.74, 6) is -6.28. The monoisotopic (exact) mass is 842 g/mol. The molecule has 18 nitrogen and oxygen atoms in total. The van der Waals surface area contributed by atoms with E-state index in [0.29, 0.717) is 30.5 Å². The molecule has 0 aromatic heterocycles. The number of nitrogens with one attached hydrogen (secondary N) is 5. The molecule has 0 aliphatic carbocycles. The van der Waals surface area contributed by atoms with E-state index in [9.17, 15) is 38.4 Å². The second-order valence-corrected chi connectivity index (χ2v) is 14.7. The largest absolute Gasteiger partial charge is 0.370 e. The highest BCUT2D eigenvalue weighted by Gasteiger charge is 2.33. The van der Waals surface area contributed by atoms with Crippen LogP contribution in [-0.2, 0) is 57.6 Å². The van der Waals surface area contributed by atoms with E-state index >= 15 is 0 Å². The molecular weight excluding hydrogens is 785 g/mol. The lowest BCUT2D eigenvalue weighted by molar-refractivity contribution is -0.135. The quantitative estimate of drug-likeness (QED) is 0.0401. The van der Waals surface area contributed by atoms with Gasteiger partial charge in [-0.05, 0) is 61.8 Å². The van der Waals surface area contributed by atoms with E-state index in [-0.39, 0.29) is 51.4 Å². The number of amides is 8. The van der Waals surface area contributed by atoms with Gasteiger partial charge in [0, 0.05) is 25.7 Å². The first-order valence-electron chi connectivity index (χ1n) is 20.1. The normalized spacial score (nSPS) is 13.8. The van der Waals surface area contributed by atoms with Gasteiger partial charge in [0.1, 0.15) is 30.2 Å². The van der Waals surface area contributed by atoms with Crippen molar-refractivity contribution in [1.29, 1.82) is 0 Å². The molecule has 0 fully saturated rings. The Morgan fingerprint density at radius 3 is 1.15 bits per heavy atom. The standard InChI is InChI=1S/C43H58N10O8/c44-23-11-10-18-31(38(48)56)49-42(60)34(25-28-14-6-2-7-15-28)52-41(59)33(20-22-37(47)55)51-43(61)35(26-29-16-8-3-9-17-29)53-40(58)32(19-21-36(46)54)50-39(57)30(45)24-27-12-4-1-5-13-27/h1-9,12-17,30-35H,10-11,18-26,44-45H2,(H2,46,54)(H2,47,55)(H2,48,56)(H,49,60)(H,50,57)(H,51,61)(H,52,59)(H,53,58)/t30-,31-,32-,33-,34-,35-/m0/s1. The van der Waals surface area contributed by atoms with E-state index in [1.54, 1.807) is 84.9 Å². The van der Waals surface area contributed by atoms with Crippen molar-refractivity contribution in [3.05, 3.63) is 108 Å². The van der Waals surface area contributed by atoms with E-state index in [2.05, 4.69) is 26.6 Å². The predicted octanol–water partition coefficient (Wildman–Crippen LogP) is -1.39. The van der Waals surface area contributed by atoms with Crippen LogP contribution in [0.4, 0.5) is 0 Å². The van der Waals surface area contributed by atoms with Crippen LogP contribution < -0.4 is 55.3 Å². The van der Waals surface area contributed by atoms with Crippen molar-refractivity contribution in [2.24, 2.45) is 28.7 Å². The molecule has 0 unspecified atom stereocenters. The number of benzene rings is 3. The van der Waals surface area contributed by atoms with Gasteiger partial charge in [0.2, 0.25) is 47.3 Å². The van der Waals surface area contributed by atoms with Crippen LogP contribution in [0, 0.1) is 0 Å². The van der Waals surface area contributed by atoms with Gasteiger partial charge in [0.05, 0.1) is 6.04 Å². The van der Waals surface area contributed by atoms with Crippen molar-refractivity contribution in [2.45, 2.75) is 100 Å². The second-order valence-electron chi connectivity index (χ2n) is 14.7. The summed E-state index contributed by atoms with van der Waals surface area (Å²) in [5.41, 5.74) is 30.2. The number of primary amides is 3. The Bertz CT molecular complexity index is 1920. The van der Waals surface area contributed by atoms with Crippen LogP contribution in [0.5, 0.6) is 0 Å². The molecule has 18 heteroatoms. The molecule has 328 valence electrons. The Labute approximate surface area is 354 Å². The molecule has 0 aliphatic rings. The SMILES string of the molecule is NCCCC[C@H](NC(=O)[C@H](Cc1ccccc1)NC(=O)[C@H](CCC(N)=O)NC(=O)[C@H](Cc1ccccc1)NC(=O)[C@H](CCC(N)=O)NC(=O)[C@@H](N)Cc1ccccc1)C(N)=O. The Hall–Kier alpha value is -6.66. The van der Waals surface area contributed by atoms with Crippen LogP contribution in [0.2, 0.25) is 0 Å². The van der Waals surface area contributed by atoms with Crippen LogP contribution in [0.25, 0.3) is 0 Å². The molecular formula is C43H58N10O8. The van der Waals surface area contributed by atoms with E-state index in [1.807, 2.05) is 6.07 Å². The van der Waals surface area contributed by atoms with Gasteiger partial charge in [0.25, 0.3) is 0 Å². The Morgan fingerprint density at radius 1 is 0.426 bits per heavy atom. The maximum Gasteiger partial charge on any atom is 0.243 e. The lowest BCUT2D eigenvalue weighted by Gasteiger charge is -2.27. The first-order chi connectivity index (χ1) is 29.2. The third kappa shape index (κ3) is 18.0. The molecule has 0 heterocycles. The molecule has 6 atom stereocenters. The molecule has 3 rings (SSSR count). The third-order valence-corrected chi connectivity index (χ3v) is 9.70. The lowest BCUT2D eigenvalue weighted by Crippen LogP contribution is -2.60. The summed E-state index contributed by atoms with van der Waals surface area (Å²) in [5, 5.41) is 13.1. The number of hydrogen-bond donors (Lipinski definition) is 10. The number of carbonyl (C=O) groups is 8. The number of unbranched alkanes of at least 4 members (excludes halogenated alkanes) is 1. The smallest absolute Gasteiger partial charge is 0.243 e. The minimum atomic E-state index is -1.46. The molecule has 0 radical (unpaired) electrons. The average molecular weight is 843 g/mol. The number of nitrogens with two attached hydrogens (primary N) is 5. The summed E-state index contributed by atoms with van der Waals surface area (Å²) in [7, 11) is 0. The number of hydrogen-bond acceptors (Lipinski definition) is 10. The van der Waals surface area contributed by atoms with E-state index in [0.717, 1.165) is 5.56 Å².